The maximum atomic E-state index is 12.7. The molecule has 1 aromatic heterocycles. The third-order valence-corrected chi connectivity index (χ3v) is 3.82. The largest absolute Gasteiger partial charge is 0.443 e. The quantitative estimate of drug-likeness (QED) is 0.721. The SMILES string of the molecule is FC(F)(F)c1nc2c(s1)Nc1ccccc1NC2=S. The van der Waals surface area contributed by atoms with Crippen LogP contribution in [-0.2, 0) is 6.18 Å². The Hall–Kier alpha value is -1.67. The highest BCUT2D eigenvalue weighted by atomic mass is 32.1. The Morgan fingerprint density at radius 3 is 2.37 bits per heavy atom. The van der Waals surface area contributed by atoms with E-state index in [4.69, 9.17) is 12.2 Å². The molecule has 0 aliphatic carbocycles. The van der Waals surface area contributed by atoms with Crippen LogP contribution in [0.3, 0.4) is 0 Å². The van der Waals surface area contributed by atoms with E-state index in [1.165, 1.54) is 0 Å². The van der Waals surface area contributed by atoms with E-state index in [-0.39, 0.29) is 10.7 Å². The van der Waals surface area contributed by atoms with Crippen molar-refractivity contribution >= 4 is 44.9 Å². The van der Waals surface area contributed by atoms with Gasteiger partial charge in [-0.1, -0.05) is 35.7 Å². The van der Waals surface area contributed by atoms with Crippen LogP contribution < -0.4 is 10.6 Å². The number of alkyl halides is 3. The van der Waals surface area contributed by atoms with Crippen molar-refractivity contribution in [1.82, 2.24) is 4.98 Å². The lowest BCUT2D eigenvalue weighted by atomic mass is 10.2. The molecule has 0 bridgehead atoms. The number of aromatic nitrogens is 1. The number of para-hydroxylation sites is 2. The Kier molecular flexibility index (Phi) is 2.72. The van der Waals surface area contributed by atoms with E-state index in [2.05, 4.69) is 15.6 Å². The van der Waals surface area contributed by atoms with Crippen LogP contribution in [0.5, 0.6) is 0 Å². The number of fused-ring (bicyclic) bond motifs is 2. The van der Waals surface area contributed by atoms with Gasteiger partial charge in [-0.25, -0.2) is 4.98 Å². The average Bonchev–Trinajstić information content (AvgIpc) is 2.70. The maximum absolute atomic E-state index is 12.7. The average molecular weight is 301 g/mol. The molecule has 2 heterocycles. The molecule has 0 amide bonds. The van der Waals surface area contributed by atoms with E-state index in [9.17, 15) is 13.2 Å². The molecule has 0 unspecified atom stereocenters. The number of anilines is 3. The second-order valence-electron chi connectivity index (χ2n) is 3.82. The molecule has 1 aromatic carbocycles. The lowest BCUT2D eigenvalue weighted by Crippen LogP contribution is -2.11. The summed E-state index contributed by atoms with van der Waals surface area (Å²) in [6.45, 7) is 0. The smallest absolute Gasteiger partial charge is 0.344 e. The normalized spacial score (nSPS) is 13.9. The topological polar surface area (TPSA) is 37.0 Å². The van der Waals surface area contributed by atoms with Gasteiger partial charge in [0.25, 0.3) is 0 Å². The van der Waals surface area contributed by atoms with Crippen LogP contribution >= 0.6 is 23.6 Å². The molecule has 3 rings (SSSR count). The van der Waals surface area contributed by atoms with Crippen molar-refractivity contribution in [3.63, 3.8) is 0 Å². The predicted molar refractivity (Wildman–Crippen MR) is 72.2 cm³/mol. The highest BCUT2D eigenvalue weighted by molar-refractivity contribution is 7.81. The molecule has 19 heavy (non-hydrogen) atoms. The van der Waals surface area contributed by atoms with Gasteiger partial charge in [0.2, 0.25) is 5.01 Å². The minimum Gasteiger partial charge on any atom is -0.344 e. The van der Waals surface area contributed by atoms with Crippen molar-refractivity contribution in [2.24, 2.45) is 0 Å². The molecule has 1 aliphatic rings. The molecular weight excluding hydrogens is 295 g/mol. The zero-order valence-corrected chi connectivity index (χ0v) is 10.8. The third kappa shape index (κ3) is 2.17. The van der Waals surface area contributed by atoms with Crippen LogP contribution in [-0.4, -0.2) is 9.97 Å². The summed E-state index contributed by atoms with van der Waals surface area (Å²) in [5.74, 6) is 0. The van der Waals surface area contributed by atoms with Gasteiger partial charge in [-0.05, 0) is 12.1 Å². The summed E-state index contributed by atoms with van der Waals surface area (Å²) >= 11 is 5.63. The summed E-state index contributed by atoms with van der Waals surface area (Å²) in [5.41, 5.74) is 1.51. The predicted octanol–water partition coefficient (Wildman–Crippen LogP) is 4.01. The van der Waals surface area contributed by atoms with Crippen molar-refractivity contribution in [3.8, 4) is 0 Å². The first-order valence-corrected chi connectivity index (χ1v) is 6.43. The van der Waals surface area contributed by atoms with Crippen molar-refractivity contribution in [3.05, 3.63) is 35.0 Å². The summed E-state index contributed by atoms with van der Waals surface area (Å²) in [5, 5.41) is 5.21. The van der Waals surface area contributed by atoms with Gasteiger partial charge < -0.3 is 10.6 Å². The standard InChI is InChI=1S/C11H6F3N3S2/c12-11(13,14)10-17-7-8(18)15-5-3-1-2-4-6(5)16-9(7)19-10/h1-4,16H,(H,15,18). The van der Waals surface area contributed by atoms with E-state index in [0.717, 1.165) is 0 Å². The van der Waals surface area contributed by atoms with E-state index >= 15 is 0 Å². The number of thiazole rings is 1. The Morgan fingerprint density at radius 2 is 1.74 bits per heavy atom. The fourth-order valence-electron chi connectivity index (χ4n) is 1.68. The minimum atomic E-state index is -4.46. The first-order valence-electron chi connectivity index (χ1n) is 5.20. The van der Waals surface area contributed by atoms with E-state index in [1.807, 2.05) is 6.07 Å². The first-order chi connectivity index (χ1) is 8.95. The van der Waals surface area contributed by atoms with Crippen LogP contribution in [0.15, 0.2) is 24.3 Å². The van der Waals surface area contributed by atoms with Gasteiger partial charge in [0, 0.05) is 0 Å². The van der Waals surface area contributed by atoms with E-state index < -0.39 is 11.2 Å². The molecule has 2 aromatic rings. The summed E-state index contributed by atoms with van der Waals surface area (Å²) in [6, 6.07) is 7.14. The molecule has 0 spiro atoms. The number of nitrogens with zero attached hydrogens (tertiary/aromatic N) is 1. The van der Waals surface area contributed by atoms with E-state index in [1.54, 1.807) is 18.2 Å². The minimum absolute atomic E-state index is 0.128. The number of nitrogens with one attached hydrogen (secondary N) is 2. The van der Waals surface area contributed by atoms with Gasteiger partial charge in [0.05, 0.1) is 11.4 Å². The maximum Gasteiger partial charge on any atom is 0.443 e. The zero-order chi connectivity index (χ0) is 13.6. The van der Waals surface area contributed by atoms with Crippen LogP contribution in [0.4, 0.5) is 29.5 Å². The fraction of sp³-hybridized carbons (Fsp3) is 0.0909. The number of benzene rings is 1. The lowest BCUT2D eigenvalue weighted by molar-refractivity contribution is -0.137. The van der Waals surface area contributed by atoms with Crippen molar-refractivity contribution < 1.29 is 13.2 Å². The van der Waals surface area contributed by atoms with Gasteiger partial charge in [-0.3, -0.25) is 0 Å². The lowest BCUT2D eigenvalue weighted by Gasteiger charge is -2.07. The Morgan fingerprint density at radius 1 is 1.11 bits per heavy atom. The highest BCUT2D eigenvalue weighted by Gasteiger charge is 2.37. The Bertz CT molecular complexity index is 663. The zero-order valence-electron chi connectivity index (χ0n) is 9.21. The molecule has 0 fully saturated rings. The summed E-state index contributed by atoms with van der Waals surface area (Å²) < 4.78 is 38.0. The van der Waals surface area contributed by atoms with Gasteiger partial charge in [-0.15, -0.1) is 0 Å². The van der Waals surface area contributed by atoms with Crippen LogP contribution in [0.2, 0.25) is 0 Å². The molecule has 2 N–H and O–H groups in total. The van der Waals surface area contributed by atoms with Gasteiger partial charge in [-0.2, -0.15) is 13.2 Å². The van der Waals surface area contributed by atoms with Crippen LogP contribution in [0, 0.1) is 0 Å². The highest BCUT2D eigenvalue weighted by Crippen LogP contribution is 2.40. The van der Waals surface area contributed by atoms with E-state index in [0.29, 0.717) is 27.7 Å². The van der Waals surface area contributed by atoms with Crippen molar-refractivity contribution in [1.29, 1.82) is 0 Å². The molecule has 0 radical (unpaired) electrons. The fourth-order valence-corrected chi connectivity index (χ4v) is 2.86. The summed E-state index contributed by atoms with van der Waals surface area (Å²) in [6.07, 6.45) is -4.46. The molecule has 0 saturated carbocycles. The second kappa shape index (κ2) is 4.17. The number of rotatable bonds is 0. The molecule has 1 aliphatic heterocycles. The number of hydrogen-bond acceptors (Lipinski definition) is 4. The third-order valence-electron chi connectivity index (χ3n) is 2.51. The molecule has 0 saturated heterocycles. The second-order valence-corrected chi connectivity index (χ2v) is 5.23. The van der Waals surface area contributed by atoms with Gasteiger partial charge >= 0.3 is 6.18 Å². The number of thiocarbonyl (C=S) groups is 1. The summed E-state index contributed by atoms with van der Waals surface area (Å²) in [4.78, 5) is 3.75. The van der Waals surface area contributed by atoms with Gasteiger partial charge in [0.15, 0.2) is 0 Å². The summed E-state index contributed by atoms with van der Waals surface area (Å²) in [7, 11) is 0. The number of hydrogen-bond donors (Lipinski definition) is 2. The number of halogens is 3. The molecule has 3 nitrogen and oxygen atoms in total. The first kappa shape index (κ1) is 12.4. The van der Waals surface area contributed by atoms with Gasteiger partial charge in [0.1, 0.15) is 15.7 Å². The van der Waals surface area contributed by atoms with Crippen molar-refractivity contribution in [2.75, 3.05) is 10.6 Å². The molecular formula is C11H6F3N3S2. The van der Waals surface area contributed by atoms with Crippen LogP contribution in [0.25, 0.3) is 0 Å². The van der Waals surface area contributed by atoms with Crippen LogP contribution in [0.1, 0.15) is 10.7 Å². The Labute approximate surface area is 115 Å². The van der Waals surface area contributed by atoms with Crippen molar-refractivity contribution in [2.45, 2.75) is 6.18 Å². The molecule has 0 atom stereocenters. The molecule has 8 heteroatoms. The Balaban J connectivity index is 2.11. The molecule has 98 valence electrons. The monoisotopic (exact) mass is 301 g/mol.